The summed E-state index contributed by atoms with van der Waals surface area (Å²) in [5.41, 5.74) is 0. The SMILES string of the molecule is CCCCC[C@@H]1CC1C[C@H]1CC1CCCCCCCC(C)=O. The number of hydrogen-bond donors (Lipinski definition) is 0. The normalized spacial score (nSPS) is 29.5. The summed E-state index contributed by atoms with van der Waals surface area (Å²) in [5, 5.41) is 0. The number of ketones is 1. The van der Waals surface area contributed by atoms with Crippen LogP contribution in [0.1, 0.15) is 104 Å². The molecule has 0 heterocycles. The van der Waals surface area contributed by atoms with Gasteiger partial charge in [0.2, 0.25) is 0 Å². The van der Waals surface area contributed by atoms with E-state index in [0.29, 0.717) is 5.78 Å². The Balaban J connectivity index is 1.36. The Morgan fingerprint density at radius 3 is 1.91 bits per heavy atom. The maximum Gasteiger partial charge on any atom is 0.129 e. The van der Waals surface area contributed by atoms with Gasteiger partial charge in [0.05, 0.1) is 0 Å². The van der Waals surface area contributed by atoms with Crippen LogP contribution in [0, 0.1) is 23.7 Å². The summed E-state index contributed by atoms with van der Waals surface area (Å²) in [5.74, 6) is 4.80. The predicted octanol–water partition coefficient (Wildman–Crippen LogP) is 6.55. The molecule has 0 aromatic rings. The fourth-order valence-electron chi connectivity index (χ4n) is 4.26. The monoisotopic (exact) mass is 306 g/mol. The minimum Gasteiger partial charge on any atom is -0.300 e. The number of Topliss-reactive ketones (excluding diaryl/α,β-unsaturated/α-hetero) is 1. The summed E-state index contributed by atoms with van der Waals surface area (Å²) in [4.78, 5) is 10.9. The fourth-order valence-corrected chi connectivity index (χ4v) is 4.26. The van der Waals surface area contributed by atoms with Gasteiger partial charge in [-0.2, -0.15) is 0 Å². The second-order valence-electron chi connectivity index (χ2n) is 8.25. The van der Waals surface area contributed by atoms with Crippen molar-refractivity contribution >= 4 is 5.78 Å². The maximum atomic E-state index is 10.9. The van der Waals surface area contributed by atoms with Crippen molar-refractivity contribution < 1.29 is 4.79 Å². The highest BCUT2D eigenvalue weighted by Gasteiger charge is 2.44. The van der Waals surface area contributed by atoms with Crippen molar-refractivity contribution in [3.63, 3.8) is 0 Å². The lowest BCUT2D eigenvalue weighted by Gasteiger charge is -2.02. The Morgan fingerprint density at radius 2 is 1.32 bits per heavy atom. The second kappa shape index (κ2) is 9.73. The first-order valence-electron chi connectivity index (χ1n) is 10.2. The summed E-state index contributed by atoms with van der Waals surface area (Å²) in [6.45, 7) is 4.02. The van der Waals surface area contributed by atoms with Gasteiger partial charge in [0.25, 0.3) is 0 Å². The summed E-state index contributed by atoms with van der Waals surface area (Å²) in [6, 6.07) is 0. The van der Waals surface area contributed by atoms with E-state index in [0.717, 1.165) is 36.5 Å². The first kappa shape index (κ1) is 18.0. The Labute approximate surface area is 138 Å². The van der Waals surface area contributed by atoms with Gasteiger partial charge in [-0.3, -0.25) is 0 Å². The van der Waals surface area contributed by atoms with Gasteiger partial charge in [-0.15, -0.1) is 0 Å². The van der Waals surface area contributed by atoms with E-state index < -0.39 is 0 Å². The van der Waals surface area contributed by atoms with Gasteiger partial charge >= 0.3 is 0 Å². The Kier molecular flexibility index (Phi) is 7.97. The highest BCUT2D eigenvalue weighted by molar-refractivity contribution is 5.75. The zero-order chi connectivity index (χ0) is 15.8. The van der Waals surface area contributed by atoms with Gasteiger partial charge in [-0.25, -0.2) is 0 Å². The van der Waals surface area contributed by atoms with E-state index in [4.69, 9.17) is 0 Å². The molecule has 0 radical (unpaired) electrons. The molecule has 2 rings (SSSR count). The number of rotatable bonds is 14. The van der Waals surface area contributed by atoms with Crippen LogP contribution in [-0.2, 0) is 4.79 Å². The van der Waals surface area contributed by atoms with Crippen molar-refractivity contribution in [2.45, 2.75) is 104 Å². The maximum absolute atomic E-state index is 10.9. The first-order chi connectivity index (χ1) is 10.7. The van der Waals surface area contributed by atoms with E-state index in [9.17, 15) is 4.79 Å². The lowest BCUT2D eigenvalue weighted by atomic mass is 10.0. The highest BCUT2D eigenvalue weighted by Crippen LogP contribution is 2.54. The third kappa shape index (κ3) is 7.29. The van der Waals surface area contributed by atoms with Crippen LogP contribution in [0.2, 0.25) is 0 Å². The Hall–Kier alpha value is -0.330. The smallest absolute Gasteiger partial charge is 0.129 e. The number of carbonyl (C=O) groups is 1. The molecule has 128 valence electrons. The third-order valence-corrected chi connectivity index (χ3v) is 6.03. The molecule has 0 saturated heterocycles. The number of hydrogen-bond acceptors (Lipinski definition) is 1. The van der Waals surface area contributed by atoms with E-state index in [1.165, 1.54) is 57.8 Å². The topological polar surface area (TPSA) is 17.1 Å². The minimum atomic E-state index is 0.355. The van der Waals surface area contributed by atoms with Crippen LogP contribution in [0.25, 0.3) is 0 Å². The van der Waals surface area contributed by atoms with Gasteiger partial charge in [0.1, 0.15) is 5.78 Å². The van der Waals surface area contributed by atoms with Crippen molar-refractivity contribution in [1.29, 1.82) is 0 Å². The van der Waals surface area contributed by atoms with Crippen molar-refractivity contribution in [2.75, 3.05) is 0 Å². The molecule has 0 aliphatic heterocycles. The van der Waals surface area contributed by atoms with E-state index in [2.05, 4.69) is 6.92 Å². The standard InChI is InChI=1S/C21H38O/c1-3-4-8-12-18-14-20(18)16-21-15-19(21)13-10-7-5-6-9-11-17(2)22/h18-21H,3-16H2,1-2H3/t18-,19?,20?,21-/m1/s1. The quantitative estimate of drug-likeness (QED) is 0.333. The van der Waals surface area contributed by atoms with Gasteiger partial charge in [-0.05, 0) is 56.3 Å². The summed E-state index contributed by atoms with van der Waals surface area (Å²) >= 11 is 0. The zero-order valence-electron chi connectivity index (χ0n) is 15.1. The Bertz CT molecular complexity index is 322. The van der Waals surface area contributed by atoms with Gasteiger partial charge < -0.3 is 4.79 Å². The molecule has 2 aliphatic rings. The molecule has 4 atom stereocenters. The third-order valence-electron chi connectivity index (χ3n) is 6.03. The zero-order valence-corrected chi connectivity index (χ0v) is 15.1. The van der Waals surface area contributed by atoms with E-state index in [1.54, 1.807) is 26.2 Å². The highest BCUT2D eigenvalue weighted by atomic mass is 16.1. The molecule has 0 amide bonds. The minimum absolute atomic E-state index is 0.355. The Morgan fingerprint density at radius 1 is 0.773 bits per heavy atom. The molecule has 2 aliphatic carbocycles. The van der Waals surface area contributed by atoms with Crippen LogP contribution < -0.4 is 0 Å². The molecule has 0 bridgehead atoms. The number of unbranched alkanes of at least 4 members (excludes halogenated alkanes) is 6. The lowest BCUT2D eigenvalue weighted by Crippen LogP contribution is -1.91. The molecule has 0 aromatic carbocycles. The molecule has 22 heavy (non-hydrogen) atoms. The van der Waals surface area contributed by atoms with Crippen molar-refractivity contribution in [3.05, 3.63) is 0 Å². The van der Waals surface area contributed by atoms with E-state index in [-0.39, 0.29) is 0 Å². The molecule has 1 nitrogen and oxygen atoms in total. The van der Waals surface area contributed by atoms with Crippen LogP contribution in [0.3, 0.4) is 0 Å². The lowest BCUT2D eigenvalue weighted by molar-refractivity contribution is -0.117. The molecule has 0 aromatic heterocycles. The molecule has 2 saturated carbocycles. The average Bonchev–Trinajstić information content (AvgIpc) is 3.38. The second-order valence-corrected chi connectivity index (χ2v) is 8.25. The largest absolute Gasteiger partial charge is 0.300 e. The van der Waals surface area contributed by atoms with Crippen molar-refractivity contribution in [1.82, 2.24) is 0 Å². The molecular weight excluding hydrogens is 268 g/mol. The summed E-state index contributed by atoms with van der Waals surface area (Å²) in [6.07, 6.45) is 19.3. The van der Waals surface area contributed by atoms with Crippen LogP contribution in [0.4, 0.5) is 0 Å². The van der Waals surface area contributed by atoms with Crippen LogP contribution in [-0.4, -0.2) is 5.78 Å². The van der Waals surface area contributed by atoms with Gasteiger partial charge in [0.15, 0.2) is 0 Å². The van der Waals surface area contributed by atoms with E-state index in [1.807, 2.05) is 0 Å². The molecule has 2 unspecified atom stereocenters. The van der Waals surface area contributed by atoms with Crippen LogP contribution >= 0.6 is 0 Å². The molecule has 1 heteroatoms. The molecule has 0 spiro atoms. The average molecular weight is 307 g/mol. The summed E-state index contributed by atoms with van der Waals surface area (Å²) < 4.78 is 0. The molecular formula is C21H38O. The fraction of sp³-hybridized carbons (Fsp3) is 0.952. The molecule has 2 fully saturated rings. The van der Waals surface area contributed by atoms with E-state index >= 15 is 0 Å². The van der Waals surface area contributed by atoms with Crippen molar-refractivity contribution in [3.8, 4) is 0 Å². The number of carbonyl (C=O) groups excluding carboxylic acids is 1. The van der Waals surface area contributed by atoms with Gasteiger partial charge in [0, 0.05) is 6.42 Å². The van der Waals surface area contributed by atoms with Crippen molar-refractivity contribution in [2.24, 2.45) is 23.7 Å². The first-order valence-corrected chi connectivity index (χ1v) is 10.2. The van der Waals surface area contributed by atoms with Crippen LogP contribution in [0.5, 0.6) is 0 Å². The predicted molar refractivity (Wildman–Crippen MR) is 95.0 cm³/mol. The molecule has 0 N–H and O–H groups in total. The van der Waals surface area contributed by atoms with Gasteiger partial charge in [-0.1, -0.05) is 64.7 Å². The summed E-state index contributed by atoms with van der Waals surface area (Å²) in [7, 11) is 0. The van der Waals surface area contributed by atoms with Crippen LogP contribution in [0.15, 0.2) is 0 Å².